The standard InChI is InChI=1S/C15H27N3OS/c1-7-16-11(3)13-12(4)17-14(20-13)18-8-10(2)19-15(5,6)9-18/h10-11,16H,7-9H2,1-6H3. The molecule has 2 heterocycles. The van der Waals surface area contributed by atoms with Crippen LogP contribution in [0, 0.1) is 6.92 Å². The molecule has 0 spiro atoms. The molecule has 114 valence electrons. The fraction of sp³-hybridized carbons (Fsp3) is 0.800. The van der Waals surface area contributed by atoms with Gasteiger partial charge in [-0.3, -0.25) is 0 Å². The molecule has 0 amide bonds. The van der Waals surface area contributed by atoms with E-state index in [0.717, 1.165) is 30.5 Å². The lowest BCUT2D eigenvalue weighted by atomic mass is 10.1. The summed E-state index contributed by atoms with van der Waals surface area (Å²) >= 11 is 1.81. The zero-order valence-corrected chi connectivity index (χ0v) is 14.3. The number of rotatable bonds is 4. The molecule has 1 fully saturated rings. The van der Waals surface area contributed by atoms with Gasteiger partial charge in [0.2, 0.25) is 0 Å². The zero-order valence-electron chi connectivity index (χ0n) is 13.5. The predicted octanol–water partition coefficient (Wildman–Crippen LogP) is 3.13. The van der Waals surface area contributed by atoms with Crippen LogP contribution < -0.4 is 10.2 Å². The van der Waals surface area contributed by atoms with Crippen molar-refractivity contribution in [1.29, 1.82) is 0 Å². The molecule has 0 bridgehead atoms. The summed E-state index contributed by atoms with van der Waals surface area (Å²) in [5.74, 6) is 0. The van der Waals surface area contributed by atoms with Gasteiger partial charge in [0.25, 0.3) is 0 Å². The van der Waals surface area contributed by atoms with Crippen LogP contribution >= 0.6 is 11.3 Å². The van der Waals surface area contributed by atoms with E-state index in [1.165, 1.54) is 4.88 Å². The lowest BCUT2D eigenvalue weighted by Gasteiger charge is -2.41. The molecule has 0 aromatic carbocycles. The number of anilines is 1. The van der Waals surface area contributed by atoms with Crippen molar-refractivity contribution in [2.75, 3.05) is 24.5 Å². The summed E-state index contributed by atoms with van der Waals surface area (Å²) in [4.78, 5) is 8.50. The molecular formula is C15H27N3OS. The van der Waals surface area contributed by atoms with E-state index in [0.29, 0.717) is 6.04 Å². The Hall–Kier alpha value is -0.650. The molecule has 1 saturated heterocycles. The predicted molar refractivity (Wildman–Crippen MR) is 85.8 cm³/mol. The second kappa shape index (κ2) is 6.00. The summed E-state index contributed by atoms with van der Waals surface area (Å²) in [6.07, 6.45) is 0.248. The van der Waals surface area contributed by atoms with Crippen LogP contribution in [-0.4, -0.2) is 36.3 Å². The van der Waals surface area contributed by atoms with Crippen LogP contribution in [0.25, 0.3) is 0 Å². The fourth-order valence-corrected chi connectivity index (χ4v) is 4.03. The van der Waals surface area contributed by atoms with Crippen molar-refractivity contribution in [3.63, 3.8) is 0 Å². The Labute approximate surface area is 126 Å². The number of ether oxygens (including phenoxy) is 1. The van der Waals surface area contributed by atoms with Crippen LogP contribution in [0.4, 0.5) is 5.13 Å². The summed E-state index contributed by atoms with van der Waals surface area (Å²) in [6.45, 7) is 15.7. The van der Waals surface area contributed by atoms with Crippen LogP contribution in [-0.2, 0) is 4.74 Å². The molecule has 1 aliphatic rings. The van der Waals surface area contributed by atoms with Crippen LogP contribution in [0.15, 0.2) is 0 Å². The van der Waals surface area contributed by atoms with Crippen molar-refractivity contribution in [2.24, 2.45) is 0 Å². The van der Waals surface area contributed by atoms with Gasteiger partial charge in [-0.25, -0.2) is 4.98 Å². The molecule has 0 radical (unpaired) electrons. The summed E-state index contributed by atoms with van der Waals surface area (Å²) < 4.78 is 5.97. The zero-order chi connectivity index (χ0) is 14.9. The van der Waals surface area contributed by atoms with Crippen LogP contribution in [0.3, 0.4) is 0 Å². The number of morpholine rings is 1. The third kappa shape index (κ3) is 3.51. The average molecular weight is 297 g/mol. The van der Waals surface area contributed by atoms with Gasteiger partial charge in [0.05, 0.1) is 17.4 Å². The quantitative estimate of drug-likeness (QED) is 0.926. The maximum atomic E-state index is 5.97. The minimum absolute atomic E-state index is 0.106. The first-order valence-corrected chi connectivity index (χ1v) is 8.27. The number of aryl methyl sites for hydroxylation is 1. The molecule has 1 aliphatic heterocycles. The van der Waals surface area contributed by atoms with E-state index in [9.17, 15) is 0 Å². The Morgan fingerprint density at radius 3 is 2.85 bits per heavy atom. The van der Waals surface area contributed by atoms with E-state index in [1.54, 1.807) is 0 Å². The summed E-state index contributed by atoms with van der Waals surface area (Å²) in [6, 6.07) is 0.373. The molecule has 20 heavy (non-hydrogen) atoms. The maximum Gasteiger partial charge on any atom is 0.186 e. The third-order valence-electron chi connectivity index (χ3n) is 3.56. The van der Waals surface area contributed by atoms with E-state index in [4.69, 9.17) is 9.72 Å². The molecule has 2 rings (SSSR count). The Kier molecular flexibility index (Phi) is 4.72. The topological polar surface area (TPSA) is 37.4 Å². The van der Waals surface area contributed by atoms with E-state index >= 15 is 0 Å². The Balaban J connectivity index is 2.19. The Morgan fingerprint density at radius 2 is 2.25 bits per heavy atom. The molecule has 2 atom stereocenters. The second-order valence-corrected chi connectivity index (χ2v) is 7.30. The van der Waals surface area contributed by atoms with Crippen molar-refractivity contribution in [2.45, 2.75) is 59.3 Å². The van der Waals surface area contributed by atoms with Crippen LogP contribution in [0.1, 0.15) is 51.2 Å². The molecule has 0 aliphatic carbocycles. The lowest BCUT2D eigenvalue weighted by molar-refractivity contribution is -0.0749. The minimum Gasteiger partial charge on any atom is -0.369 e. The molecule has 1 aromatic heterocycles. The Bertz CT molecular complexity index is 458. The van der Waals surface area contributed by atoms with E-state index in [1.807, 2.05) is 11.3 Å². The smallest absolute Gasteiger partial charge is 0.186 e. The van der Waals surface area contributed by atoms with Crippen molar-refractivity contribution in [1.82, 2.24) is 10.3 Å². The number of aromatic nitrogens is 1. The minimum atomic E-state index is -0.106. The highest BCUT2D eigenvalue weighted by molar-refractivity contribution is 7.15. The highest BCUT2D eigenvalue weighted by Gasteiger charge is 2.33. The molecular weight excluding hydrogens is 270 g/mol. The van der Waals surface area contributed by atoms with Crippen molar-refractivity contribution in [3.8, 4) is 0 Å². The first-order chi connectivity index (χ1) is 9.32. The van der Waals surface area contributed by atoms with Crippen molar-refractivity contribution < 1.29 is 4.74 Å². The summed E-state index contributed by atoms with van der Waals surface area (Å²) in [5.41, 5.74) is 1.04. The Morgan fingerprint density at radius 1 is 1.55 bits per heavy atom. The van der Waals surface area contributed by atoms with Gasteiger partial charge >= 0.3 is 0 Å². The fourth-order valence-electron chi connectivity index (χ4n) is 2.93. The van der Waals surface area contributed by atoms with Crippen molar-refractivity contribution >= 4 is 16.5 Å². The highest BCUT2D eigenvalue weighted by atomic mass is 32.1. The van der Waals surface area contributed by atoms with Gasteiger partial charge in [-0.05, 0) is 41.2 Å². The number of nitrogens with one attached hydrogen (secondary N) is 1. The molecule has 1 aromatic rings. The van der Waals surface area contributed by atoms with Gasteiger partial charge in [0, 0.05) is 24.0 Å². The third-order valence-corrected chi connectivity index (χ3v) is 4.97. The summed E-state index contributed by atoms with van der Waals surface area (Å²) in [7, 11) is 0. The summed E-state index contributed by atoms with van der Waals surface area (Å²) in [5, 5.41) is 4.60. The number of hydrogen-bond donors (Lipinski definition) is 1. The normalized spacial score (nSPS) is 23.9. The largest absolute Gasteiger partial charge is 0.369 e. The number of thiazole rings is 1. The first-order valence-electron chi connectivity index (χ1n) is 7.46. The number of hydrogen-bond acceptors (Lipinski definition) is 5. The molecule has 4 nitrogen and oxygen atoms in total. The monoisotopic (exact) mass is 297 g/mol. The van der Waals surface area contributed by atoms with E-state index in [-0.39, 0.29) is 11.7 Å². The maximum absolute atomic E-state index is 5.97. The van der Waals surface area contributed by atoms with Crippen LogP contribution in [0.5, 0.6) is 0 Å². The first kappa shape index (κ1) is 15.7. The van der Waals surface area contributed by atoms with Crippen LogP contribution in [0.2, 0.25) is 0 Å². The van der Waals surface area contributed by atoms with Gasteiger partial charge in [-0.15, -0.1) is 11.3 Å². The highest BCUT2D eigenvalue weighted by Crippen LogP contribution is 2.33. The molecule has 5 heteroatoms. The molecule has 2 unspecified atom stereocenters. The lowest BCUT2D eigenvalue weighted by Crippen LogP contribution is -2.52. The molecule has 0 saturated carbocycles. The second-order valence-electron chi connectivity index (χ2n) is 6.29. The van der Waals surface area contributed by atoms with Gasteiger partial charge in [-0.1, -0.05) is 6.92 Å². The van der Waals surface area contributed by atoms with Gasteiger partial charge in [0.15, 0.2) is 5.13 Å². The van der Waals surface area contributed by atoms with Crippen molar-refractivity contribution in [3.05, 3.63) is 10.6 Å². The van der Waals surface area contributed by atoms with Gasteiger partial charge < -0.3 is 15.0 Å². The average Bonchev–Trinajstić information content (AvgIpc) is 2.69. The van der Waals surface area contributed by atoms with Gasteiger partial charge in [0.1, 0.15) is 0 Å². The van der Waals surface area contributed by atoms with Gasteiger partial charge in [-0.2, -0.15) is 0 Å². The molecule has 1 N–H and O–H groups in total. The SMILES string of the molecule is CCNC(C)c1sc(N2CC(C)OC(C)(C)C2)nc1C. The van der Waals surface area contributed by atoms with E-state index in [2.05, 4.69) is 51.8 Å². The number of nitrogens with zero attached hydrogens (tertiary/aromatic N) is 2. The van der Waals surface area contributed by atoms with E-state index < -0.39 is 0 Å².